The molecule has 1 aliphatic heterocycles. The molecule has 0 saturated heterocycles. The average Bonchev–Trinajstić information content (AvgIpc) is 2.82. The highest BCUT2D eigenvalue weighted by Gasteiger charge is 2.30. The number of fused-ring (bicyclic) bond motifs is 1. The zero-order valence-corrected chi connectivity index (χ0v) is 19.4. The van der Waals surface area contributed by atoms with Gasteiger partial charge < -0.3 is 10.6 Å². The second kappa shape index (κ2) is 9.93. The number of benzene rings is 3. The number of allylic oxidation sites excluding steroid dienone is 1. The van der Waals surface area contributed by atoms with Gasteiger partial charge in [-0.1, -0.05) is 86.3 Å². The first-order chi connectivity index (χ1) is 16.0. The van der Waals surface area contributed by atoms with Crippen molar-refractivity contribution in [1.29, 1.82) is 5.26 Å². The Balaban J connectivity index is 1.51. The molecule has 2 N–H and O–H groups in total. The summed E-state index contributed by atoms with van der Waals surface area (Å²) >= 11 is 1.19. The van der Waals surface area contributed by atoms with Gasteiger partial charge in [-0.25, -0.2) is 0 Å². The fourth-order valence-corrected chi connectivity index (χ4v) is 4.87. The van der Waals surface area contributed by atoms with Crippen LogP contribution in [0.25, 0.3) is 10.8 Å². The molecule has 0 fully saturated rings. The summed E-state index contributed by atoms with van der Waals surface area (Å²) in [5.41, 5.74) is 3.38. The maximum atomic E-state index is 12.7. The van der Waals surface area contributed by atoms with Crippen molar-refractivity contribution in [3.63, 3.8) is 0 Å². The van der Waals surface area contributed by atoms with E-state index in [0.29, 0.717) is 16.5 Å². The predicted octanol–water partition coefficient (Wildman–Crippen LogP) is 5.67. The number of anilines is 1. The van der Waals surface area contributed by atoms with Crippen molar-refractivity contribution in [3.05, 3.63) is 88.5 Å². The van der Waals surface area contributed by atoms with Crippen LogP contribution in [0, 0.1) is 11.3 Å². The molecule has 6 heteroatoms. The van der Waals surface area contributed by atoms with Crippen LogP contribution in [0.5, 0.6) is 0 Å². The first-order valence-electron chi connectivity index (χ1n) is 10.9. The van der Waals surface area contributed by atoms with Crippen LogP contribution in [0.3, 0.4) is 0 Å². The summed E-state index contributed by atoms with van der Waals surface area (Å²) in [7, 11) is 0. The van der Waals surface area contributed by atoms with Crippen molar-refractivity contribution in [2.75, 3.05) is 11.1 Å². The van der Waals surface area contributed by atoms with Crippen LogP contribution in [-0.2, 0) is 9.59 Å². The molecule has 1 atom stereocenters. The highest BCUT2D eigenvalue weighted by molar-refractivity contribution is 8.03. The molecule has 0 aromatic heterocycles. The fraction of sp³-hybridized carbons (Fsp3) is 0.222. The van der Waals surface area contributed by atoms with Crippen LogP contribution in [0.15, 0.2) is 77.3 Å². The average molecular weight is 456 g/mol. The zero-order valence-electron chi connectivity index (χ0n) is 18.6. The van der Waals surface area contributed by atoms with E-state index in [1.165, 1.54) is 17.3 Å². The van der Waals surface area contributed by atoms with Crippen molar-refractivity contribution in [2.45, 2.75) is 32.1 Å². The van der Waals surface area contributed by atoms with Crippen molar-refractivity contribution < 1.29 is 9.59 Å². The van der Waals surface area contributed by atoms with E-state index >= 15 is 0 Å². The fourth-order valence-electron chi connectivity index (χ4n) is 3.99. The molecule has 2 amide bonds. The minimum absolute atomic E-state index is 0.0863. The Morgan fingerprint density at radius 2 is 1.85 bits per heavy atom. The summed E-state index contributed by atoms with van der Waals surface area (Å²) in [5, 5.41) is 18.1. The second-order valence-corrected chi connectivity index (χ2v) is 9.33. The molecule has 0 unspecified atom stereocenters. The van der Waals surface area contributed by atoms with Gasteiger partial charge in [-0.3, -0.25) is 9.59 Å². The highest BCUT2D eigenvalue weighted by Crippen LogP contribution is 2.36. The number of nitrogens with zero attached hydrogens (tertiary/aromatic N) is 1. The SMILES string of the molecule is CC(C)c1ccc([C@@H]2CC(=O)NC(SCC(=O)Nc3cccc4ccccc34)=C2C#N)cc1. The number of nitriles is 1. The lowest BCUT2D eigenvalue weighted by molar-refractivity contribution is -0.121. The molecule has 4 rings (SSSR count). The maximum absolute atomic E-state index is 12.7. The summed E-state index contributed by atoms with van der Waals surface area (Å²) in [4.78, 5) is 25.1. The van der Waals surface area contributed by atoms with E-state index in [4.69, 9.17) is 0 Å². The van der Waals surface area contributed by atoms with E-state index in [1.807, 2.05) is 66.7 Å². The van der Waals surface area contributed by atoms with Gasteiger partial charge in [-0.05, 0) is 28.5 Å². The summed E-state index contributed by atoms with van der Waals surface area (Å²) in [6.45, 7) is 4.25. The monoisotopic (exact) mass is 455 g/mol. The van der Waals surface area contributed by atoms with Crippen LogP contribution >= 0.6 is 11.8 Å². The van der Waals surface area contributed by atoms with Gasteiger partial charge in [0.2, 0.25) is 11.8 Å². The van der Waals surface area contributed by atoms with E-state index in [0.717, 1.165) is 22.0 Å². The van der Waals surface area contributed by atoms with Crippen LogP contribution in [0.1, 0.15) is 43.2 Å². The molecule has 5 nitrogen and oxygen atoms in total. The number of thioether (sulfide) groups is 1. The first kappa shape index (κ1) is 22.6. The Kier molecular flexibility index (Phi) is 6.81. The molecule has 1 heterocycles. The number of carbonyl (C=O) groups excluding carboxylic acids is 2. The standard InChI is InChI=1S/C27H25N3O2S/c1-17(2)18-10-12-20(13-11-18)22-14-25(31)30-27(23(22)15-28)33-16-26(32)29-24-9-5-7-19-6-3-4-8-21(19)24/h3-13,17,22H,14,16H2,1-2H3,(H,29,32)(H,30,31)/t22-/m0/s1. The third-order valence-electron chi connectivity index (χ3n) is 5.77. The topological polar surface area (TPSA) is 82.0 Å². The lowest BCUT2D eigenvalue weighted by Gasteiger charge is -2.25. The van der Waals surface area contributed by atoms with Gasteiger partial charge >= 0.3 is 0 Å². The first-order valence-corrected chi connectivity index (χ1v) is 11.9. The van der Waals surface area contributed by atoms with E-state index in [1.54, 1.807) is 0 Å². The van der Waals surface area contributed by atoms with E-state index in [-0.39, 0.29) is 29.9 Å². The molecular weight excluding hydrogens is 430 g/mol. The third-order valence-corrected chi connectivity index (χ3v) is 6.79. The summed E-state index contributed by atoms with van der Waals surface area (Å²) < 4.78 is 0. The second-order valence-electron chi connectivity index (χ2n) is 8.34. The highest BCUT2D eigenvalue weighted by atomic mass is 32.2. The molecule has 0 aliphatic carbocycles. The third kappa shape index (κ3) is 5.10. The van der Waals surface area contributed by atoms with Crippen LogP contribution < -0.4 is 10.6 Å². The number of amides is 2. The van der Waals surface area contributed by atoms with Crippen LogP contribution in [0.4, 0.5) is 5.69 Å². The van der Waals surface area contributed by atoms with Gasteiger partial charge in [-0.15, -0.1) is 0 Å². The Morgan fingerprint density at radius 1 is 1.12 bits per heavy atom. The smallest absolute Gasteiger partial charge is 0.234 e. The number of rotatable bonds is 6. The van der Waals surface area contributed by atoms with Gasteiger partial charge in [0, 0.05) is 23.4 Å². The Bertz CT molecular complexity index is 1270. The van der Waals surface area contributed by atoms with Crippen molar-refractivity contribution in [2.24, 2.45) is 0 Å². The lowest BCUT2D eigenvalue weighted by atomic mass is 9.86. The molecule has 3 aromatic rings. The Labute approximate surface area is 197 Å². The maximum Gasteiger partial charge on any atom is 0.234 e. The van der Waals surface area contributed by atoms with Crippen molar-refractivity contribution >= 4 is 40.0 Å². The molecule has 0 saturated carbocycles. The number of nitrogens with one attached hydrogen (secondary N) is 2. The van der Waals surface area contributed by atoms with Gasteiger partial charge in [0.25, 0.3) is 0 Å². The largest absolute Gasteiger partial charge is 0.325 e. The van der Waals surface area contributed by atoms with Crippen molar-refractivity contribution in [3.8, 4) is 6.07 Å². The van der Waals surface area contributed by atoms with Gasteiger partial charge in [0.15, 0.2) is 0 Å². The van der Waals surface area contributed by atoms with E-state index < -0.39 is 0 Å². The van der Waals surface area contributed by atoms with E-state index in [9.17, 15) is 14.9 Å². The molecule has 0 spiro atoms. The lowest BCUT2D eigenvalue weighted by Crippen LogP contribution is -2.31. The number of hydrogen-bond acceptors (Lipinski definition) is 4. The quantitative estimate of drug-likeness (QED) is 0.501. The minimum atomic E-state index is -0.311. The molecular formula is C27H25N3O2S. The molecule has 0 radical (unpaired) electrons. The molecule has 166 valence electrons. The summed E-state index contributed by atoms with van der Waals surface area (Å²) in [6.07, 6.45) is 0.218. The normalized spacial score (nSPS) is 15.9. The zero-order chi connectivity index (χ0) is 23.4. The molecule has 33 heavy (non-hydrogen) atoms. The molecule has 0 bridgehead atoms. The van der Waals surface area contributed by atoms with Crippen LogP contribution in [-0.4, -0.2) is 17.6 Å². The predicted molar refractivity (Wildman–Crippen MR) is 134 cm³/mol. The van der Waals surface area contributed by atoms with E-state index in [2.05, 4.69) is 30.6 Å². The summed E-state index contributed by atoms with van der Waals surface area (Å²) in [6, 6.07) is 24.0. The summed E-state index contributed by atoms with van der Waals surface area (Å²) in [5.74, 6) is -0.162. The van der Waals surface area contributed by atoms with Crippen molar-refractivity contribution in [1.82, 2.24) is 5.32 Å². The van der Waals surface area contributed by atoms with Gasteiger partial charge in [0.05, 0.1) is 22.4 Å². The van der Waals surface area contributed by atoms with Gasteiger partial charge in [0.1, 0.15) is 0 Å². The minimum Gasteiger partial charge on any atom is -0.325 e. The van der Waals surface area contributed by atoms with Gasteiger partial charge in [-0.2, -0.15) is 5.26 Å². The Morgan fingerprint density at radius 3 is 2.58 bits per heavy atom. The number of hydrogen-bond donors (Lipinski definition) is 2. The number of carbonyl (C=O) groups is 2. The Hall–Kier alpha value is -3.56. The molecule has 3 aromatic carbocycles. The molecule has 1 aliphatic rings. The van der Waals surface area contributed by atoms with Crippen LogP contribution in [0.2, 0.25) is 0 Å².